The van der Waals surface area contributed by atoms with Gasteiger partial charge >= 0.3 is 0 Å². The Balaban J connectivity index is 1.53. The van der Waals surface area contributed by atoms with Crippen LogP contribution in [-0.4, -0.2) is 11.7 Å². The van der Waals surface area contributed by atoms with Crippen molar-refractivity contribution < 1.29 is 4.42 Å². The van der Waals surface area contributed by atoms with Crippen molar-refractivity contribution in [2.75, 3.05) is 9.80 Å². The summed E-state index contributed by atoms with van der Waals surface area (Å²) in [7, 11) is 0. The van der Waals surface area contributed by atoms with Gasteiger partial charge in [-0.3, -0.25) is 4.90 Å². The van der Waals surface area contributed by atoms with Crippen molar-refractivity contribution in [3.63, 3.8) is 0 Å². The van der Waals surface area contributed by atoms with Crippen LogP contribution >= 0.6 is 0 Å². The van der Waals surface area contributed by atoms with Crippen LogP contribution in [0.1, 0.15) is 106 Å². The van der Waals surface area contributed by atoms with Crippen LogP contribution < -0.4 is 26.3 Å². The number of hydrogen-bond donors (Lipinski definition) is 0. The van der Waals surface area contributed by atoms with Gasteiger partial charge in [-0.05, 0) is 86.3 Å². The average molecular weight is 636 g/mol. The normalized spacial score (nSPS) is 14.5. The first-order valence-corrected chi connectivity index (χ1v) is 17.4. The van der Waals surface area contributed by atoms with Crippen molar-refractivity contribution in [1.82, 2.24) is 4.98 Å². The van der Waals surface area contributed by atoms with Gasteiger partial charge in [0.25, 0.3) is 6.71 Å². The fourth-order valence-corrected chi connectivity index (χ4v) is 7.11. The van der Waals surface area contributed by atoms with Gasteiger partial charge in [0, 0.05) is 33.9 Å². The van der Waals surface area contributed by atoms with E-state index >= 15 is 0 Å². The van der Waals surface area contributed by atoms with Gasteiger partial charge in [0.2, 0.25) is 11.8 Å². The topological polar surface area (TPSA) is 32.5 Å². The average Bonchev–Trinajstić information content (AvgIpc) is 3.45. The van der Waals surface area contributed by atoms with Crippen LogP contribution in [0.25, 0.3) is 0 Å². The van der Waals surface area contributed by atoms with Crippen LogP contribution in [0, 0.1) is 0 Å². The highest BCUT2D eigenvalue weighted by atomic mass is 16.4. The lowest BCUT2D eigenvalue weighted by Crippen LogP contribution is -2.62. The third-order valence-electron chi connectivity index (χ3n) is 10.0. The maximum Gasteiger partial charge on any atom is 0.279 e. The summed E-state index contributed by atoms with van der Waals surface area (Å²) < 4.78 is 6.86. The number of aromatic nitrogens is 1. The predicted molar refractivity (Wildman–Crippen MR) is 205 cm³/mol. The summed E-state index contributed by atoms with van der Waals surface area (Å²) in [5.41, 5.74) is 13.1. The Morgan fingerprint density at radius 3 is 1.50 bits per heavy atom. The third-order valence-corrected chi connectivity index (χ3v) is 10.0. The first-order valence-electron chi connectivity index (χ1n) is 17.4. The molecule has 0 radical (unpaired) electrons. The molecule has 246 valence electrons. The van der Waals surface area contributed by atoms with Crippen LogP contribution in [0.2, 0.25) is 0 Å². The first-order chi connectivity index (χ1) is 22.3. The van der Waals surface area contributed by atoms with Crippen molar-refractivity contribution in [2.24, 2.45) is 0 Å². The van der Waals surface area contributed by atoms with E-state index < -0.39 is 0 Å². The van der Waals surface area contributed by atoms with Crippen LogP contribution in [0.5, 0.6) is 0 Å². The van der Waals surface area contributed by atoms with E-state index in [0.29, 0.717) is 0 Å². The molecule has 0 saturated carbocycles. The van der Waals surface area contributed by atoms with Gasteiger partial charge in [0.15, 0.2) is 0 Å². The Hall–Kier alpha value is -4.25. The van der Waals surface area contributed by atoms with E-state index in [0.717, 1.165) is 34.4 Å². The zero-order chi connectivity index (χ0) is 34.6. The van der Waals surface area contributed by atoms with E-state index in [1.54, 1.807) is 0 Å². The van der Waals surface area contributed by atoms with Crippen molar-refractivity contribution >= 4 is 57.6 Å². The Kier molecular flexibility index (Phi) is 7.15. The van der Waals surface area contributed by atoms with Gasteiger partial charge in [-0.15, -0.1) is 0 Å². The minimum atomic E-state index is -0.250. The molecule has 0 unspecified atom stereocenters. The lowest BCUT2D eigenvalue weighted by molar-refractivity contribution is 0.397. The molecular formula is C43H50BN3O. The quantitative estimate of drug-likeness (QED) is 0.177. The molecule has 4 aromatic carbocycles. The number of benzene rings is 4. The molecule has 0 spiro atoms. The second kappa shape index (κ2) is 10.6. The van der Waals surface area contributed by atoms with Gasteiger partial charge < -0.3 is 9.32 Å². The molecule has 5 heteroatoms. The van der Waals surface area contributed by atoms with E-state index in [9.17, 15) is 0 Å². The standard InChI is InChI=1S/C43H50BN3O/c1-40(2,3)27-16-21-30(22-17-27)46-33-25-20-29(42(7,8)9)26-32(33)44-36-34(46)14-13-15-35(36)47(31-23-18-28(19-24-31)41(4,5)6)38-37(44)45-39(48-38)43(10,11)12/h13-26H,1-12H3. The number of fused-ring (bicyclic) bond motifs is 4. The minimum Gasteiger partial charge on any atom is -0.424 e. The van der Waals surface area contributed by atoms with Gasteiger partial charge in [0.1, 0.15) is 0 Å². The number of hydrogen-bond acceptors (Lipinski definition) is 4. The van der Waals surface area contributed by atoms with Crippen molar-refractivity contribution in [3.8, 4) is 0 Å². The summed E-state index contributed by atoms with van der Waals surface area (Å²) in [6.45, 7) is 27.0. The van der Waals surface area contributed by atoms with E-state index in [4.69, 9.17) is 9.40 Å². The fraction of sp³-hybridized carbons (Fsp3) is 0.372. The highest BCUT2D eigenvalue weighted by Crippen LogP contribution is 2.45. The van der Waals surface area contributed by atoms with Crippen molar-refractivity contribution in [3.05, 3.63) is 108 Å². The zero-order valence-electron chi connectivity index (χ0n) is 30.9. The molecule has 0 aliphatic carbocycles. The van der Waals surface area contributed by atoms with Crippen molar-refractivity contribution in [2.45, 2.75) is 105 Å². The highest BCUT2D eigenvalue weighted by molar-refractivity contribution is 6.99. The van der Waals surface area contributed by atoms with E-state index in [2.05, 4.69) is 178 Å². The Bertz CT molecular complexity index is 2010. The molecule has 2 aliphatic heterocycles. The zero-order valence-corrected chi connectivity index (χ0v) is 30.9. The number of oxazole rings is 1. The molecule has 5 aromatic rings. The van der Waals surface area contributed by atoms with Gasteiger partial charge in [-0.25, -0.2) is 4.98 Å². The maximum atomic E-state index is 6.86. The molecule has 4 nitrogen and oxygen atoms in total. The van der Waals surface area contributed by atoms with Gasteiger partial charge in [0.05, 0.1) is 5.59 Å². The summed E-state index contributed by atoms with van der Waals surface area (Å²) >= 11 is 0. The smallest absolute Gasteiger partial charge is 0.279 e. The third kappa shape index (κ3) is 5.27. The second-order valence-corrected chi connectivity index (χ2v) is 17.9. The molecule has 0 bridgehead atoms. The summed E-state index contributed by atoms with van der Waals surface area (Å²) in [5, 5.41) is 0. The van der Waals surface area contributed by atoms with Crippen molar-refractivity contribution in [1.29, 1.82) is 0 Å². The lowest BCUT2D eigenvalue weighted by atomic mass is 9.35. The predicted octanol–water partition coefficient (Wildman–Crippen LogP) is 9.95. The molecule has 2 aliphatic rings. The Morgan fingerprint density at radius 1 is 0.521 bits per heavy atom. The first kappa shape index (κ1) is 32.3. The van der Waals surface area contributed by atoms with Crippen LogP contribution in [0.4, 0.5) is 34.3 Å². The van der Waals surface area contributed by atoms with E-state index in [1.807, 2.05) is 0 Å². The Morgan fingerprint density at radius 2 is 1.00 bits per heavy atom. The molecule has 1 aromatic heterocycles. The van der Waals surface area contributed by atoms with Crippen LogP contribution in [0.3, 0.4) is 0 Å². The van der Waals surface area contributed by atoms with Gasteiger partial charge in [-0.1, -0.05) is 126 Å². The molecule has 3 heterocycles. The molecule has 0 N–H and O–H groups in total. The maximum absolute atomic E-state index is 6.86. The van der Waals surface area contributed by atoms with E-state index in [1.165, 1.54) is 39.0 Å². The summed E-state index contributed by atoms with van der Waals surface area (Å²) in [6, 6.07) is 31.9. The molecule has 7 rings (SSSR count). The molecular weight excluding hydrogens is 585 g/mol. The summed E-state index contributed by atoms with van der Waals surface area (Å²) in [6.07, 6.45) is 0. The fourth-order valence-electron chi connectivity index (χ4n) is 7.11. The summed E-state index contributed by atoms with van der Waals surface area (Å²) in [5.74, 6) is 1.57. The number of anilines is 6. The molecule has 48 heavy (non-hydrogen) atoms. The van der Waals surface area contributed by atoms with Gasteiger partial charge in [-0.2, -0.15) is 0 Å². The minimum absolute atomic E-state index is 0.00720. The SMILES string of the molecule is CC(C)(C)c1ccc(N2c3ccc(C(C)(C)C)cc3B3c4nc(C(C)(C)C)oc4N(c4ccc(C(C)(C)C)cc4)c4cccc2c43)cc1. The van der Waals surface area contributed by atoms with Crippen LogP contribution in [0.15, 0.2) is 89.3 Å². The number of nitrogens with zero attached hydrogens (tertiary/aromatic N) is 3. The lowest BCUT2D eigenvalue weighted by Gasteiger charge is -2.42. The molecule has 0 saturated heterocycles. The Labute approximate surface area is 288 Å². The monoisotopic (exact) mass is 635 g/mol. The van der Waals surface area contributed by atoms with Crippen LogP contribution in [-0.2, 0) is 21.7 Å². The second-order valence-electron chi connectivity index (χ2n) is 17.9. The largest absolute Gasteiger partial charge is 0.424 e. The number of rotatable bonds is 2. The summed E-state index contributed by atoms with van der Waals surface area (Å²) in [4.78, 5) is 10.1. The molecule has 0 amide bonds. The highest BCUT2D eigenvalue weighted by Gasteiger charge is 2.47. The molecule has 0 fully saturated rings. The van der Waals surface area contributed by atoms with E-state index in [-0.39, 0.29) is 28.4 Å². The molecule has 0 atom stereocenters.